The molecule has 0 spiro atoms. The summed E-state index contributed by atoms with van der Waals surface area (Å²) in [5.74, 6) is 0. The Balaban J connectivity index is 2.22. The topological polar surface area (TPSA) is 38.5 Å². The molecule has 2 atom stereocenters. The highest BCUT2D eigenvalue weighted by Crippen LogP contribution is 2.40. The van der Waals surface area contributed by atoms with Gasteiger partial charge in [0.1, 0.15) is 6.23 Å². The third-order valence-electron chi connectivity index (χ3n) is 3.91. The van der Waals surface area contributed by atoms with Gasteiger partial charge < -0.3 is 15.4 Å². The molecule has 2 unspecified atom stereocenters. The summed E-state index contributed by atoms with van der Waals surface area (Å²) in [7, 11) is 0.642. The van der Waals surface area contributed by atoms with Gasteiger partial charge in [0.2, 0.25) is 0 Å². The normalized spacial score (nSPS) is 24.6. The molecule has 0 aliphatic carbocycles. The first-order valence-corrected chi connectivity index (χ1v) is 10.2. The fourth-order valence-electron chi connectivity index (χ4n) is 2.86. The van der Waals surface area contributed by atoms with E-state index in [-0.39, 0.29) is 6.23 Å². The van der Waals surface area contributed by atoms with E-state index in [2.05, 4.69) is 36.7 Å². The SMILES string of the molecule is COC1C([Si](C)(C)C)CCN1c1ccc(N)cc1. The minimum absolute atomic E-state index is 0.222. The Bertz CT molecular complexity index is 399. The van der Waals surface area contributed by atoms with Crippen LogP contribution in [0.2, 0.25) is 25.2 Å². The van der Waals surface area contributed by atoms with E-state index in [4.69, 9.17) is 10.5 Å². The van der Waals surface area contributed by atoms with Crippen molar-refractivity contribution >= 4 is 19.4 Å². The third-order valence-corrected chi connectivity index (χ3v) is 6.71. The lowest BCUT2D eigenvalue weighted by Crippen LogP contribution is -2.40. The molecule has 2 rings (SSSR count). The van der Waals surface area contributed by atoms with E-state index >= 15 is 0 Å². The number of rotatable bonds is 3. The lowest BCUT2D eigenvalue weighted by molar-refractivity contribution is 0.110. The molecule has 0 saturated carbocycles. The van der Waals surface area contributed by atoms with Gasteiger partial charge in [-0.3, -0.25) is 0 Å². The predicted octanol–water partition coefficient (Wildman–Crippen LogP) is 3.16. The lowest BCUT2D eigenvalue weighted by atomic mass is 10.2. The van der Waals surface area contributed by atoms with Crippen molar-refractivity contribution in [1.82, 2.24) is 0 Å². The number of anilines is 2. The molecule has 2 N–H and O–H groups in total. The largest absolute Gasteiger partial charge is 0.399 e. The van der Waals surface area contributed by atoms with Crippen LogP contribution in [-0.2, 0) is 4.74 Å². The van der Waals surface area contributed by atoms with Gasteiger partial charge in [0.25, 0.3) is 0 Å². The first kappa shape index (κ1) is 13.4. The number of methoxy groups -OCH3 is 1. The number of hydrogen-bond acceptors (Lipinski definition) is 3. The number of nitrogens with zero attached hydrogens (tertiary/aromatic N) is 1. The molecule has 0 aromatic heterocycles. The van der Waals surface area contributed by atoms with Crippen LogP contribution in [0, 0.1) is 0 Å². The molecule has 1 aromatic rings. The number of benzene rings is 1. The Kier molecular flexibility index (Phi) is 3.68. The van der Waals surface area contributed by atoms with Gasteiger partial charge in [-0.1, -0.05) is 19.6 Å². The van der Waals surface area contributed by atoms with Crippen LogP contribution >= 0.6 is 0 Å². The Morgan fingerprint density at radius 2 is 1.83 bits per heavy atom. The fraction of sp³-hybridized carbons (Fsp3) is 0.571. The van der Waals surface area contributed by atoms with Crippen LogP contribution in [0.25, 0.3) is 0 Å². The minimum atomic E-state index is -1.19. The fourth-order valence-corrected chi connectivity index (χ4v) is 5.03. The van der Waals surface area contributed by atoms with E-state index in [9.17, 15) is 0 Å². The average molecular weight is 264 g/mol. The molecule has 1 saturated heterocycles. The van der Waals surface area contributed by atoms with Crippen molar-refractivity contribution in [2.75, 3.05) is 24.3 Å². The molecule has 1 aromatic carbocycles. The smallest absolute Gasteiger partial charge is 0.130 e. The molecular formula is C14H24N2OSi. The van der Waals surface area contributed by atoms with Crippen molar-refractivity contribution in [3.8, 4) is 0 Å². The summed E-state index contributed by atoms with van der Waals surface area (Å²) in [5, 5.41) is 0. The van der Waals surface area contributed by atoms with Crippen LogP contribution in [0.5, 0.6) is 0 Å². The van der Waals surface area contributed by atoms with Gasteiger partial charge >= 0.3 is 0 Å². The van der Waals surface area contributed by atoms with Crippen molar-refractivity contribution < 1.29 is 4.74 Å². The van der Waals surface area contributed by atoms with E-state index in [0.29, 0.717) is 5.54 Å². The maximum Gasteiger partial charge on any atom is 0.130 e. The zero-order chi connectivity index (χ0) is 13.3. The van der Waals surface area contributed by atoms with Gasteiger partial charge in [0.15, 0.2) is 0 Å². The molecule has 1 fully saturated rings. The minimum Gasteiger partial charge on any atom is -0.399 e. The van der Waals surface area contributed by atoms with E-state index in [1.807, 2.05) is 19.2 Å². The second-order valence-electron chi connectivity index (χ2n) is 6.17. The van der Waals surface area contributed by atoms with Gasteiger partial charge in [0, 0.05) is 30.6 Å². The van der Waals surface area contributed by atoms with Gasteiger partial charge in [0.05, 0.1) is 8.07 Å². The highest BCUT2D eigenvalue weighted by atomic mass is 28.3. The highest BCUT2D eigenvalue weighted by molar-refractivity contribution is 6.77. The maximum atomic E-state index is 5.78. The summed E-state index contributed by atoms with van der Waals surface area (Å²) in [5.41, 5.74) is 8.47. The lowest BCUT2D eigenvalue weighted by Gasteiger charge is -2.34. The number of nitrogen functional groups attached to an aromatic ring is 1. The van der Waals surface area contributed by atoms with Crippen LogP contribution in [-0.4, -0.2) is 28.0 Å². The molecule has 0 bridgehead atoms. The Morgan fingerprint density at radius 1 is 1.22 bits per heavy atom. The monoisotopic (exact) mass is 264 g/mol. The second-order valence-corrected chi connectivity index (χ2v) is 11.6. The first-order chi connectivity index (χ1) is 8.43. The van der Waals surface area contributed by atoms with Gasteiger partial charge in [-0.2, -0.15) is 0 Å². The highest BCUT2D eigenvalue weighted by Gasteiger charge is 2.42. The van der Waals surface area contributed by atoms with E-state index in [0.717, 1.165) is 12.2 Å². The van der Waals surface area contributed by atoms with Crippen LogP contribution < -0.4 is 10.6 Å². The van der Waals surface area contributed by atoms with E-state index < -0.39 is 8.07 Å². The first-order valence-electron chi connectivity index (χ1n) is 6.58. The van der Waals surface area contributed by atoms with Gasteiger partial charge in [-0.15, -0.1) is 0 Å². The third kappa shape index (κ3) is 2.54. The standard InChI is InChI=1S/C14H24N2OSi/c1-17-14-13(18(2,3)4)9-10-16(14)12-7-5-11(15)6-8-12/h5-8,13-14H,9-10,15H2,1-4H3. The van der Waals surface area contributed by atoms with Crippen molar-refractivity contribution in [3.05, 3.63) is 24.3 Å². The molecule has 4 heteroatoms. The molecule has 0 amide bonds. The summed E-state index contributed by atoms with van der Waals surface area (Å²) in [6.45, 7) is 8.36. The molecular weight excluding hydrogens is 240 g/mol. The van der Waals surface area contributed by atoms with Crippen molar-refractivity contribution in [2.45, 2.75) is 37.8 Å². The molecule has 3 nitrogen and oxygen atoms in total. The summed E-state index contributed by atoms with van der Waals surface area (Å²) in [4.78, 5) is 2.38. The molecule has 0 radical (unpaired) electrons. The summed E-state index contributed by atoms with van der Waals surface area (Å²) >= 11 is 0. The number of hydrogen-bond donors (Lipinski definition) is 1. The van der Waals surface area contributed by atoms with Crippen LogP contribution in [0.1, 0.15) is 6.42 Å². The molecule has 1 aliphatic heterocycles. The van der Waals surface area contributed by atoms with Crippen LogP contribution in [0.4, 0.5) is 11.4 Å². The predicted molar refractivity (Wildman–Crippen MR) is 80.7 cm³/mol. The van der Waals surface area contributed by atoms with E-state index in [1.165, 1.54) is 12.1 Å². The van der Waals surface area contributed by atoms with Gasteiger partial charge in [-0.05, 0) is 30.7 Å². The second kappa shape index (κ2) is 4.94. The van der Waals surface area contributed by atoms with Crippen molar-refractivity contribution in [2.24, 2.45) is 0 Å². The van der Waals surface area contributed by atoms with Crippen LogP contribution in [0.15, 0.2) is 24.3 Å². The number of ether oxygens (including phenoxy) is 1. The zero-order valence-electron chi connectivity index (χ0n) is 11.8. The molecule has 18 heavy (non-hydrogen) atoms. The van der Waals surface area contributed by atoms with Crippen molar-refractivity contribution in [3.63, 3.8) is 0 Å². The van der Waals surface area contributed by atoms with E-state index in [1.54, 1.807) is 0 Å². The van der Waals surface area contributed by atoms with Gasteiger partial charge in [-0.25, -0.2) is 0 Å². The molecule has 1 aliphatic rings. The quantitative estimate of drug-likeness (QED) is 0.673. The molecule has 100 valence electrons. The summed E-state index contributed by atoms with van der Waals surface area (Å²) < 4.78 is 5.78. The Labute approximate surface area is 111 Å². The van der Waals surface area contributed by atoms with Crippen molar-refractivity contribution in [1.29, 1.82) is 0 Å². The molecule has 1 heterocycles. The number of nitrogens with two attached hydrogens (primary N) is 1. The van der Waals surface area contributed by atoms with Crippen LogP contribution in [0.3, 0.4) is 0 Å². The zero-order valence-corrected chi connectivity index (χ0v) is 12.8. The Morgan fingerprint density at radius 3 is 2.33 bits per heavy atom. The average Bonchev–Trinajstić information content (AvgIpc) is 2.73. The summed E-state index contributed by atoms with van der Waals surface area (Å²) in [6, 6.07) is 8.11. The summed E-state index contributed by atoms with van der Waals surface area (Å²) in [6.07, 6.45) is 1.46. The maximum absolute atomic E-state index is 5.78. The Hall–Kier alpha value is -1.00.